The van der Waals surface area contributed by atoms with Gasteiger partial charge in [-0.3, -0.25) is 9.69 Å². The zero-order valence-corrected chi connectivity index (χ0v) is 18.6. The molecule has 1 heterocycles. The maximum absolute atomic E-state index is 12.8. The minimum atomic E-state index is -0.335. The van der Waals surface area contributed by atoms with Crippen LogP contribution in [0.2, 0.25) is 0 Å². The van der Waals surface area contributed by atoms with Crippen LogP contribution in [-0.2, 0) is 16.1 Å². The lowest BCUT2D eigenvalue weighted by atomic mass is 10.1. The molecule has 0 radical (unpaired) electrons. The van der Waals surface area contributed by atoms with E-state index < -0.39 is 0 Å². The summed E-state index contributed by atoms with van der Waals surface area (Å²) in [6.45, 7) is 6.93. The predicted molar refractivity (Wildman–Crippen MR) is 120 cm³/mol. The van der Waals surface area contributed by atoms with E-state index >= 15 is 0 Å². The van der Waals surface area contributed by atoms with Crippen LogP contribution < -0.4 is 15.0 Å². The van der Waals surface area contributed by atoms with E-state index in [0.29, 0.717) is 12.1 Å². The Kier molecular flexibility index (Phi) is 7.52. The number of hydrogen-bond acceptors (Lipinski definition) is 6. The van der Waals surface area contributed by atoms with Crippen molar-refractivity contribution < 1.29 is 19.1 Å². The molecular formula is C24H31N3O4. The van der Waals surface area contributed by atoms with Crippen molar-refractivity contribution in [2.24, 2.45) is 0 Å². The molecule has 2 unspecified atom stereocenters. The SMILES string of the molecule is COC(=O)c1ccc(N2CCN(C(C)C(=O)NCc3ccccc3OC)C(C)C2)cc1. The van der Waals surface area contributed by atoms with Crippen LogP contribution in [0.4, 0.5) is 5.69 Å². The highest BCUT2D eigenvalue weighted by Gasteiger charge is 2.30. The van der Waals surface area contributed by atoms with Gasteiger partial charge in [-0.05, 0) is 44.2 Å². The number of nitrogens with one attached hydrogen (secondary N) is 1. The third-order valence-electron chi connectivity index (χ3n) is 5.85. The van der Waals surface area contributed by atoms with Crippen LogP contribution >= 0.6 is 0 Å². The first-order valence-electron chi connectivity index (χ1n) is 10.5. The predicted octanol–water partition coefficient (Wildman–Crippen LogP) is 2.70. The van der Waals surface area contributed by atoms with Gasteiger partial charge in [0, 0.05) is 43.5 Å². The number of nitrogens with zero attached hydrogens (tertiary/aromatic N) is 2. The van der Waals surface area contributed by atoms with Crippen molar-refractivity contribution in [1.29, 1.82) is 0 Å². The van der Waals surface area contributed by atoms with Gasteiger partial charge in [-0.15, -0.1) is 0 Å². The highest BCUT2D eigenvalue weighted by Crippen LogP contribution is 2.22. The molecule has 0 bridgehead atoms. The van der Waals surface area contributed by atoms with Gasteiger partial charge in [0.2, 0.25) is 5.91 Å². The standard InChI is InChI=1S/C24H31N3O4/c1-17-16-26(21-11-9-19(10-12-21)24(29)31-4)13-14-27(17)18(2)23(28)25-15-20-7-5-6-8-22(20)30-3/h5-12,17-18H,13-16H2,1-4H3,(H,25,28). The van der Waals surface area contributed by atoms with Gasteiger partial charge in [-0.1, -0.05) is 18.2 Å². The average molecular weight is 426 g/mol. The summed E-state index contributed by atoms with van der Waals surface area (Å²) in [7, 11) is 3.01. The lowest BCUT2D eigenvalue weighted by Crippen LogP contribution is -2.58. The Morgan fingerprint density at radius 2 is 1.81 bits per heavy atom. The van der Waals surface area contributed by atoms with Crippen LogP contribution in [0.3, 0.4) is 0 Å². The fourth-order valence-corrected chi connectivity index (χ4v) is 4.04. The van der Waals surface area contributed by atoms with Crippen molar-refractivity contribution in [2.75, 3.05) is 38.8 Å². The molecule has 1 aliphatic rings. The molecule has 1 saturated heterocycles. The number of benzene rings is 2. The van der Waals surface area contributed by atoms with Crippen LogP contribution in [0.15, 0.2) is 48.5 Å². The zero-order valence-electron chi connectivity index (χ0n) is 18.6. The average Bonchev–Trinajstić information content (AvgIpc) is 2.81. The maximum Gasteiger partial charge on any atom is 0.337 e. The largest absolute Gasteiger partial charge is 0.496 e. The second kappa shape index (κ2) is 10.3. The quantitative estimate of drug-likeness (QED) is 0.688. The van der Waals surface area contributed by atoms with E-state index in [1.165, 1.54) is 7.11 Å². The number of anilines is 1. The first-order chi connectivity index (χ1) is 14.9. The van der Waals surface area contributed by atoms with Crippen LogP contribution in [-0.4, -0.2) is 62.7 Å². The van der Waals surface area contributed by atoms with Gasteiger partial charge in [0.05, 0.1) is 25.8 Å². The monoisotopic (exact) mass is 425 g/mol. The minimum absolute atomic E-state index is 0.00800. The first kappa shape index (κ1) is 22.6. The maximum atomic E-state index is 12.8. The Morgan fingerprint density at radius 1 is 1.10 bits per heavy atom. The molecule has 166 valence electrons. The molecule has 3 rings (SSSR count). The Labute approximate surface area is 183 Å². The second-order valence-electron chi connectivity index (χ2n) is 7.78. The Morgan fingerprint density at radius 3 is 2.45 bits per heavy atom. The summed E-state index contributed by atoms with van der Waals surface area (Å²) in [5, 5.41) is 3.04. The van der Waals surface area contributed by atoms with E-state index in [4.69, 9.17) is 9.47 Å². The van der Waals surface area contributed by atoms with Gasteiger partial charge >= 0.3 is 5.97 Å². The van der Waals surface area contributed by atoms with Gasteiger partial charge in [-0.25, -0.2) is 4.79 Å². The molecule has 0 aromatic heterocycles. The fourth-order valence-electron chi connectivity index (χ4n) is 4.04. The van der Waals surface area contributed by atoms with Gasteiger partial charge < -0.3 is 19.7 Å². The number of hydrogen-bond donors (Lipinski definition) is 1. The van der Waals surface area contributed by atoms with E-state index in [1.807, 2.05) is 43.3 Å². The van der Waals surface area contributed by atoms with Gasteiger partial charge in [-0.2, -0.15) is 0 Å². The third-order valence-corrected chi connectivity index (χ3v) is 5.85. The number of amides is 1. The van der Waals surface area contributed by atoms with Crippen molar-refractivity contribution in [1.82, 2.24) is 10.2 Å². The molecule has 2 atom stereocenters. The summed E-state index contributed by atoms with van der Waals surface area (Å²) in [5.41, 5.74) is 2.56. The van der Waals surface area contributed by atoms with Crippen molar-refractivity contribution in [3.05, 3.63) is 59.7 Å². The molecule has 1 N–H and O–H groups in total. The zero-order chi connectivity index (χ0) is 22.4. The van der Waals surface area contributed by atoms with Crippen molar-refractivity contribution in [3.63, 3.8) is 0 Å². The molecule has 0 saturated carbocycles. The highest BCUT2D eigenvalue weighted by molar-refractivity contribution is 5.89. The third kappa shape index (κ3) is 5.35. The number of carbonyl (C=O) groups is 2. The lowest BCUT2D eigenvalue weighted by Gasteiger charge is -2.43. The molecule has 0 aliphatic carbocycles. The topological polar surface area (TPSA) is 71.1 Å². The lowest BCUT2D eigenvalue weighted by molar-refractivity contribution is -0.127. The number of piperazine rings is 1. The minimum Gasteiger partial charge on any atom is -0.496 e. The smallest absolute Gasteiger partial charge is 0.337 e. The highest BCUT2D eigenvalue weighted by atomic mass is 16.5. The van der Waals surface area contributed by atoms with Crippen molar-refractivity contribution >= 4 is 17.6 Å². The van der Waals surface area contributed by atoms with E-state index in [9.17, 15) is 9.59 Å². The van der Waals surface area contributed by atoms with Crippen molar-refractivity contribution in [2.45, 2.75) is 32.5 Å². The number of para-hydroxylation sites is 1. The Hall–Kier alpha value is -3.06. The van der Waals surface area contributed by atoms with Gasteiger partial charge in [0.25, 0.3) is 0 Å². The summed E-state index contributed by atoms with van der Waals surface area (Å²) < 4.78 is 10.1. The Balaban J connectivity index is 1.56. The van der Waals surface area contributed by atoms with E-state index in [0.717, 1.165) is 36.6 Å². The number of rotatable bonds is 7. The van der Waals surface area contributed by atoms with Crippen LogP contribution in [0, 0.1) is 0 Å². The fraction of sp³-hybridized carbons (Fsp3) is 0.417. The van der Waals surface area contributed by atoms with E-state index in [2.05, 4.69) is 22.0 Å². The molecule has 1 aliphatic heterocycles. The number of carbonyl (C=O) groups excluding carboxylic acids is 2. The normalized spacial score (nSPS) is 17.7. The number of ether oxygens (including phenoxy) is 2. The van der Waals surface area contributed by atoms with Gasteiger partial charge in [0.15, 0.2) is 0 Å². The van der Waals surface area contributed by atoms with Gasteiger partial charge in [0.1, 0.15) is 5.75 Å². The van der Waals surface area contributed by atoms with Crippen LogP contribution in [0.5, 0.6) is 5.75 Å². The van der Waals surface area contributed by atoms with E-state index in [1.54, 1.807) is 19.2 Å². The number of esters is 1. The summed E-state index contributed by atoms with van der Waals surface area (Å²) >= 11 is 0. The Bertz CT molecular complexity index is 900. The summed E-state index contributed by atoms with van der Waals surface area (Å²) in [5.74, 6) is 0.446. The van der Waals surface area contributed by atoms with E-state index in [-0.39, 0.29) is 24.0 Å². The summed E-state index contributed by atoms with van der Waals surface area (Å²) in [6, 6.07) is 15.1. The molecular weight excluding hydrogens is 394 g/mol. The molecule has 7 heteroatoms. The first-order valence-corrected chi connectivity index (χ1v) is 10.5. The molecule has 1 amide bonds. The molecule has 31 heavy (non-hydrogen) atoms. The van der Waals surface area contributed by atoms with Crippen LogP contribution in [0.1, 0.15) is 29.8 Å². The molecule has 1 fully saturated rings. The summed E-state index contributed by atoms with van der Waals surface area (Å²) in [4.78, 5) is 28.9. The summed E-state index contributed by atoms with van der Waals surface area (Å²) in [6.07, 6.45) is 0. The molecule has 0 spiro atoms. The van der Waals surface area contributed by atoms with Crippen molar-refractivity contribution in [3.8, 4) is 5.75 Å². The number of methoxy groups -OCH3 is 2. The molecule has 2 aromatic carbocycles. The molecule has 2 aromatic rings. The molecule has 7 nitrogen and oxygen atoms in total. The van der Waals surface area contributed by atoms with Crippen LogP contribution in [0.25, 0.3) is 0 Å². The second-order valence-corrected chi connectivity index (χ2v) is 7.78.